The van der Waals surface area contributed by atoms with E-state index in [0.717, 1.165) is 18.3 Å². The number of ether oxygens (including phenoxy) is 1. The van der Waals surface area contributed by atoms with Gasteiger partial charge in [0.15, 0.2) is 5.82 Å². The zero-order valence-corrected chi connectivity index (χ0v) is 17.0. The summed E-state index contributed by atoms with van der Waals surface area (Å²) in [5, 5.41) is 2.48. The average molecular weight is 416 g/mol. The van der Waals surface area contributed by atoms with Crippen LogP contribution in [0.1, 0.15) is 5.56 Å². The number of hydrogen-bond donors (Lipinski definition) is 1. The van der Waals surface area contributed by atoms with E-state index < -0.39 is 37.9 Å². The van der Waals surface area contributed by atoms with Crippen LogP contribution in [0.2, 0.25) is 25.7 Å². The highest BCUT2D eigenvalue weighted by atomic mass is 28.3. The van der Waals surface area contributed by atoms with E-state index in [2.05, 4.69) is 29.9 Å². The highest BCUT2D eigenvalue weighted by Crippen LogP contribution is 2.37. The molecule has 28 heavy (non-hydrogen) atoms. The van der Waals surface area contributed by atoms with Crippen LogP contribution in [-0.4, -0.2) is 62.2 Å². The number of pyridine rings is 1. The second-order valence-electron chi connectivity index (χ2n) is 8.16. The lowest BCUT2D eigenvalue weighted by atomic mass is 10.1. The van der Waals surface area contributed by atoms with E-state index in [-0.39, 0.29) is 24.6 Å². The molecule has 0 radical (unpaired) electrons. The maximum atomic E-state index is 12.9. The van der Waals surface area contributed by atoms with Crippen LogP contribution in [0.5, 0.6) is 0 Å². The molecule has 0 bridgehead atoms. The Kier molecular flexibility index (Phi) is 5.30. The van der Waals surface area contributed by atoms with Crippen LogP contribution in [0.25, 0.3) is 0 Å². The number of rotatable bonds is 3. The Labute approximate surface area is 161 Å². The summed E-state index contributed by atoms with van der Waals surface area (Å²) in [6.07, 6.45) is -4.26. The van der Waals surface area contributed by atoms with E-state index in [1.54, 1.807) is 4.90 Å². The quantitative estimate of drug-likeness (QED) is 0.767. The number of aromatic nitrogens is 1. The van der Waals surface area contributed by atoms with Gasteiger partial charge in [-0.2, -0.15) is 13.2 Å². The molecule has 0 aromatic carbocycles. The third-order valence-corrected chi connectivity index (χ3v) is 6.45. The van der Waals surface area contributed by atoms with Gasteiger partial charge in [0.25, 0.3) is 0 Å². The fourth-order valence-corrected chi connectivity index (χ4v) is 3.83. The fourth-order valence-electron chi connectivity index (χ4n) is 3.11. The van der Waals surface area contributed by atoms with E-state index in [1.807, 2.05) is 0 Å². The van der Waals surface area contributed by atoms with Crippen LogP contribution < -0.4 is 10.2 Å². The molecule has 1 aromatic heterocycles. The Morgan fingerprint density at radius 2 is 2.07 bits per heavy atom. The van der Waals surface area contributed by atoms with Crippen molar-refractivity contribution >= 4 is 31.6 Å². The topological polar surface area (TPSA) is 74.8 Å². The molecule has 2 aliphatic rings. The second kappa shape index (κ2) is 7.26. The van der Waals surface area contributed by atoms with Crippen LogP contribution in [0.4, 0.5) is 29.5 Å². The predicted octanol–water partition coefficient (Wildman–Crippen LogP) is 3.02. The van der Waals surface area contributed by atoms with Gasteiger partial charge in [0.1, 0.15) is 6.04 Å². The molecule has 7 nitrogen and oxygen atoms in total. The predicted molar refractivity (Wildman–Crippen MR) is 100 cm³/mol. The highest BCUT2D eigenvalue weighted by Gasteiger charge is 2.41. The number of piperazine rings is 1. The van der Waals surface area contributed by atoms with Crippen molar-refractivity contribution in [3.05, 3.63) is 17.8 Å². The molecule has 1 saturated heterocycles. The molecule has 154 valence electrons. The summed E-state index contributed by atoms with van der Waals surface area (Å²) in [4.78, 5) is 31.7. The summed E-state index contributed by atoms with van der Waals surface area (Å²) in [7, 11) is -1.33. The molecule has 1 aromatic rings. The van der Waals surface area contributed by atoms with Crippen molar-refractivity contribution in [2.45, 2.75) is 37.9 Å². The molecule has 0 unspecified atom stereocenters. The van der Waals surface area contributed by atoms with Gasteiger partial charge in [0.2, 0.25) is 5.91 Å². The third kappa shape index (κ3) is 4.40. The molecular weight excluding hydrogens is 393 g/mol. The minimum atomic E-state index is -4.54. The zero-order chi connectivity index (χ0) is 20.7. The minimum absolute atomic E-state index is 0.0298. The average Bonchev–Trinajstić information content (AvgIpc) is 2.59. The van der Waals surface area contributed by atoms with Gasteiger partial charge in [-0.3, -0.25) is 4.79 Å². The first-order chi connectivity index (χ1) is 13.0. The van der Waals surface area contributed by atoms with Crippen molar-refractivity contribution < 1.29 is 27.5 Å². The van der Waals surface area contributed by atoms with E-state index in [1.165, 1.54) is 4.90 Å². The van der Waals surface area contributed by atoms with Crippen molar-refractivity contribution in [3.8, 4) is 0 Å². The maximum Gasteiger partial charge on any atom is 0.417 e. The normalized spacial score (nSPS) is 19.6. The van der Waals surface area contributed by atoms with Crippen LogP contribution >= 0.6 is 0 Å². The van der Waals surface area contributed by atoms with Crippen molar-refractivity contribution in [2.75, 3.05) is 36.5 Å². The first-order valence-corrected chi connectivity index (χ1v) is 12.7. The number of fused-ring (bicyclic) bond motifs is 3. The Balaban J connectivity index is 1.69. The molecule has 1 fully saturated rings. The molecule has 0 spiro atoms. The number of halogens is 3. The molecule has 3 heterocycles. The molecule has 1 N–H and O–H groups in total. The number of alkyl halides is 3. The number of carbonyl (C=O) groups excluding carboxylic acids is 2. The number of hydrogen-bond acceptors (Lipinski definition) is 5. The van der Waals surface area contributed by atoms with Crippen LogP contribution in [-0.2, 0) is 15.7 Å². The van der Waals surface area contributed by atoms with E-state index in [4.69, 9.17) is 4.74 Å². The number of nitrogens with zero attached hydrogens (tertiary/aromatic N) is 3. The second-order valence-corrected chi connectivity index (χ2v) is 13.8. The minimum Gasteiger partial charge on any atom is -0.450 e. The molecule has 1 atom stereocenters. The van der Waals surface area contributed by atoms with Gasteiger partial charge in [0.05, 0.1) is 24.4 Å². The first kappa shape index (κ1) is 20.4. The van der Waals surface area contributed by atoms with Crippen LogP contribution in [0, 0.1) is 0 Å². The molecule has 11 heteroatoms. The molecule has 0 saturated carbocycles. The highest BCUT2D eigenvalue weighted by molar-refractivity contribution is 6.76. The van der Waals surface area contributed by atoms with Crippen molar-refractivity contribution in [2.24, 2.45) is 0 Å². The maximum absolute atomic E-state index is 12.9. The van der Waals surface area contributed by atoms with Gasteiger partial charge in [-0.1, -0.05) is 19.6 Å². The van der Waals surface area contributed by atoms with Crippen LogP contribution in [0.15, 0.2) is 12.3 Å². The largest absolute Gasteiger partial charge is 0.450 e. The smallest absolute Gasteiger partial charge is 0.417 e. The number of anilines is 2. The third-order valence-electron chi connectivity index (χ3n) is 4.74. The summed E-state index contributed by atoms with van der Waals surface area (Å²) in [5.74, 6) is -0.183. The van der Waals surface area contributed by atoms with Gasteiger partial charge in [-0.05, 0) is 12.1 Å². The molecule has 0 aliphatic carbocycles. The Morgan fingerprint density at radius 1 is 1.36 bits per heavy atom. The van der Waals surface area contributed by atoms with E-state index in [9.17, 15) is 22.8 Å². The summed E-state index contributed by atoms with van der Waals surface area (Å²) < 4.78 is 44.0. The summed E-state index contributed by atoms with van der Waals surface area (Å²) in [5.41, 5.74) is -0.892. The van der Waals surface area contributed by atoms with Gasteiger partial charge in [-0.25, -0.2) is 9.78 Å². The molecule has 2 aliphatic heterocycles. The fraction of sp³-hybridized carbons (Fsp3) is 0.588. The van der Waals surface area contributed by atoms with E-state index >= 15 is 0 Å². The number of nitrogens with one attached hydrogen (secondary N) is 1. The lowest BCUT2D eigenvalue weighted by Crippen LogP contribution is -2.61. The number of carbonyl (C=O) groups is 2. The molecule has 2 amide bonds. The Hall–Kier alpha value is -2.30. The van der Waals surface area contributed by atoms with E-state index in [0.29, 0.717) is 13.2 Å². The zero-order valence-electron chi connectivity index (χ0n) is 16.0. The summed E-state index contributed by atoms with van der Waals surface area (Å²) in [6, 6.07) is 1.02. The summed E-state index contributed by atoms with van der Waals surface area (Å²) >= 11 is 0. The van der Waals surface area contributed by atoms with Gasteiger partial charge in [0, 0.05) is 27.4 Å². The lowest BCUT2D eigenvalue weighted by molar-refractivity contribution is -0.137. The van der Waals surface area contributed by atoms with Crippen molar-refractivity contribution in [1.29, 1.82) is 0 Å². The monoisotopic (exact) mass is 416 g/mol. The summed E-state index contributed by atoms with van der Waals surface area (Å²) in [6.45, 7) is 7.57. The lowest BCUT2D eigenvalue weighted by Gasteiger charge is -2.43. The van der Waals surface area contributed by atoms with Crippen LogP contribution in [0.3, 0.4) is 0 Å². The number of amides is 2. The molecular formula is C17H23F3N4O3Si. The van der Waals surface area contributed by atoms with Gasteiger partial charge < -0.3 is 19.9 Å². The Bertz CT molecular complexity index is 782. The molecule has 3 rings (SSSR count). The van der Waals surface area contributed by atoms with Gasteiger partial charge in [-0.15, -0.1) is 0 Å². The Morgan fingerprint density at radius 3 is 2.71 bits per heavy atom. The van der Waals surface area contributed by atoms with Crippen molar-refractivity contribution in [1.82, 2.24) is 9.88 Å². The van der Waals surface area contributed by atoms with Crippen molar-refractivity contribution in [3.63, 3.8) is 0 Å². The first-order valence-electron chi connectivity index (χ1n) is 9.02. The standard InChI is InChI=1S/C17H23F3N4O3Si/c1-28(2,3)7-6-27-16(26)23-4-5-24-13(10-23)15(25)22-12-8-11(17(18,19)20)9-21-14(12)24/h8-9,13H,4-7,10H2,1-3H3,(H,22,25)/t13-/m1/s1. The van der Waals surface area contributed by atoms with Gasteiger partial charge >= 0.3 is 12.3 Å². The SMILES string of the molecule is C[Si](C)(C)CCOC(=O)N1CCN2c3ncc(C(F)(F)F)cc3NC(=O)[C@H]2C1.